The number of hydrogen-bond acceptors (Lipinski definition) is 5. The van der Waals surface area contributed by atoms with E-state index in [1.807, 2.05) is 22.7 Å². The van der Waals surface area contributed by atoms with E-state index in [1.54, 1.807) is 0 Å². The number of aromatic nitrogens is 1. The Kier molecular flexibility index (Phi) is 6.46. The number of nitrogens with one attached hydrogen (secondary N) is 2. The van der Waals surface area contributed by atoms with Gasteiger partial charge in [-0.2, -0.15) is 0 Å². The molecule has 0 saturated carbocycles. The highest BCUT2D eigenvalue weighted by Gasteiger charge is 2.28. The van der Waals surface area contributed by atoms with Gasteiger partial charge in [0.2, 0.25) is 5.96 Å². The number of aliphatic imine (C=N–C) groups is 1. The first-order valence-corrected chi connectivity index (χ1v) is 18.9. The van der Waals surface area contributed by atoms with Gasteiger partial charge in [-0.3, -0.25) is 9.88 Å². The number of fused-ring (bicyclic) bond motifs is 10. The maximum absolute atomic E-state index is 5.51. The van der Waals surface area contributed by atoms with Crippen molar-refractivity contribution in [3.63, 3.8) is 0 Å². The summed E-state index contributed by atoms with van der Waals surface area (Å²) in [6.45, 7) is 0. The molecule has 0 fully saturated rings. The van der Waals surface area contributed by atoms with Gasteiger partial charge in [-0.15, -0.1) is 22.7 Å². The Labute approximate surface area is 301 Å². The molecule has 2 N–H and O–H groups in total. The predicted molar refractivity (Wildman–Crippen MR) is 218 cm³/mol. The highest BCUT2D eigenvalue weighted by Crippen LogP contribution is 2.45. The summed E-state index contributed by atoms with van der Waals surface area (Å²) in [6, 6.07) is 56.9. The molecule has 0 spiro atoms. The Morgan fingerprint density at radius 2 is 1.16 bits per heavy atom. The predicted octanol–water partition coefficient (Wildman–Crippen LogP) is 12.0. The summed E-state index contributed by atoms with van der Waals surface area (Å²) in [5.41, 5.74) is 6.94. The Bertz CT molecular complexity index is 2990. The van der Waals surface area contributed by atoms with Gasteiger partial charge in [0, 0.05) is 47.3 Å². The van der Waals surface area contributed by atoms with E-state index >= 15 is 0 Å². The van der Waals surface area contributed by atoms with Gasteiger partial charge in [0.15, 0.2) is 0 Å². The molecule has 11 rings (SSSR count). The highest BCUT2D eigenvalue weighted by atomic mass is 32.1. The second kappa shape index (κ2) is 11.4. The number of para-hydroxylation sites is 2. The summed E-state index contributed by atoms with van der Waals surface area (Å²) in [4.78, 5) is 5.51. The third kappa shape index (κ3) is 4.51. The lowest BCUT2D eigenvalue weighted by Crippen LogP contribution is -2.47. The quantitative estimate of drug-likeness (QED) is 0.194. The van der Waals surface area contributed by atoms with E-state index in [0.717, 1.165) is 28.1 Å². The number of thiophene rings is 2. The SMILES string of the molecule is c1ccc(-c2cccc3c4ccccc4n(C4=NC(c5ccc6c(c5)sc5c6ccc6c7ccccc7sc65)NC(c5ccccc5)N4)c23)cc1. The lowest BCUT2D eigenvalue weighted by Gasteiger charge is -2.32. The molecule has 7 aromatic carbocycles. The summed E-state index contributed by atoms with van der Waals surface area (Å²) >= 11 is 3.80. The molecule has 0 bridgehead atoms. The largest absolute Gasteiger partial charge is 0.336 e. The van der Waals surface area contributed by atoms with Gasteiger partial charge in [-0.05, 0) is 34.9 Å². The van der Waals surface area contributed by atoms with Crippen molar-refractivity contribution in [1.82, 2.24) is 15.2 Å². The zero-order valence-corrected chi connectivity index (χ0v) is 29.0. The first kappa shape index (κ1) is 29.0. The van der Waals surface area contributed by atoms with Crippen LogP contribution in [0.5, 0.6) is 0 Å². The molecule has 242 valence electrons. The van der Waals surface area contributed by atoms with Crippen molar-refractivity contribution >= 4 is 90.8 Å². The molecule has 51 heavy (non-hydrogen) atoms. The minimum atomic E-state index is -0.273. The van der Waals surface area contributed by atoms with Crippen LogP contribution >= 0.6 is 22.7 Å². The van der Waals surface area contributed by atoms with Crippen molar-refractivity contribution in [1.29, 1.82) is 0 Å². The maximum atomic E-state index is 5.51. The minimum Gasteiger partial charge on any atom is -0.336 e. The van der Waals surface area contributed by atoms with Crippen molar-refractivity contribution in [2.45, 2.75) is 12.3 Å². The molecule has 1 aliphatic heterocycles. The van der Waals surface area contributed by atoms with Gasteiger partial charge >= 0.3 is 0 Å². The van der Waals surface area contributed by atoms with Crippen LogP contribution in [0.3, 0.4) is 0 Å². The van der Waals surface area contributed by atoms with Gasteiger partial charge in [-0.25, -0.2) is 4.99 Å². The smallest absolute Gasteiger partial charge is 0.206 e. The van der Waals surface area contributed by atoms with Crippen molar-refractivity contribution < 1.29 is 0 Å². The lowest BCUT2D eigenvalue weighted by molar-refractivity contribution is 0.403. The molecule has 2 atom stereocenters. The fourth-order valence-electron chi connectivity index (χ4n) is 7.94. The van der Waals surface area contributed by atoms with Crippen LogP contribution in [-0.2, 0) is 0 Å². The fraction of sp³-hybridized carbons (Fsp3) is 0.0444. The van der Waals surface area contributed by atoms with Gasteiger partial charge in [0.25, 0.3) is 0 Å². The molecule has 0 amide bonds. The number of benzene rings is 7. The van der Waals surface area contributed by atoms with Crippen molar-refractivity contribution in [2.24, 2.45) is 4.99 Å². The zero-order chi connectivity index (χ0) is 33.5. The molecule has 1 aliphatic rings. The second-order valence-corrected chi connectivity index (χ2v) is 15.3. The van der Waals surface area contributed by atoms with Crippen LogP contribution in [0.2, 0.25) is 0 Å². The van der Waals surface area contributed by atoms with Crippen LogP contribution in [0.1, 0.15) is 23.5 Å². The maximum Gasteiger partial charge on any atom is 0.206 e. The van der Waals surface area contributed by atoms with Crippen LogP contribution in [0, 0.1) is 0 Å². The fourth-order valence-corrected chi connectivity index (χ4v) is 10.5. The topological polar surface area (TPSA) is 41.4 Å². The molecule has 4 heterocycles. The first-order chi connectivity index (χ1) is 25.3. The van der Waals surface area contributed by atoms with Crippen LogP contribution in [-0.4, -0.2) is 10.5 Å². The Morgan fingerprint density at radius 3 is 1.98 bits per heavy atom. The lowest BCUT2D eigenvalue weighted by atomic mass is 10.0. The number of hydrogen-bond donors (Lipinski definition) is 2. The number of nitrogens with zero attached hydrogens (tertiary/aromatic N) is 2. The molecule has 2 unspecified atom stereocenters. The van der Waals surface area contributed by atoms with E-state index in [-0.39, 0.29) is 12.3 Å². The van der Waals surface area contributed by atoms with E-state index in [9.17, 15) is 0 Å². The van der Waals surface area contributed by atoms with E-state index in [0.29, 0.717) is 0 Å². The second-order valence-electron chi connectivity index (χ2n) is 13.2. The van der Waals surface area contributed by atoms with Crippen molar-refractivity contribution in [2.75, 3.05) is 0 Å². The summed E-state index contributed by atoms with van der Waals surface area (Å²) in [5.74, 6) is 0.825. The monoisotopic (exact) mass is 690 g/mol. The molecule has 0 aliphatic carbocycles. The summed E-state index contributed by atoms with van der Waals surface area (Å²) in [6.07, 6.45) is -0.425. The van der Waals surface area contributed by atoms with E-state index in [4.69, 9.17) is 4.99 Å². The Morgan fingerprint density at radius 1 is 0.510 bits per heavy atom. The van der Waals surface area contributed by atoms with Crippen LogP contribution in [0.4, 0.5) is 0 Å². The van der Waals surface area contributed by atoms with Gasteiger partial charge in [-0.1, -0.05) is 140 Å². The average Bonchev–Trinajstić information content (AvgIpc) is 3.88. The van der Waals surface area contributed by atoms with E-state index in [1.165, 1.54) is 62.2 Å². The van der Waals surface area contributed by atoms with E-state index < -0.39 is 0 Å². The minimum absolute atomic E-state index is 0.153. The molecule has 4 nitrogen and oxygen atoms in total. The van der Waals surface area contributed by atoms with Gasteiger partial charge in [0.05, 0.1) is 20.4 Å². The normalized spacial score (nSPS) is 16.4. The van der Waals surface area contributed by atoms with Crippen molar-refractivity contribution in [3.8, 4) is 11.1 Å². The summed E-state index contributed by atoms with van der Waals surface area (Å²) in [5, 5.41) is 15.4. The summed E-state index contributed by atoms with van der Waals surface area (Å²) in [7, 11) is 0. The molecule has 6 heteroatoms. The third-order valence-corrected chi connectivity index (χ3v) is 12.8. The van der Waals surface area contributed by atoms with Gasteiger partial charge in [0.1, 0.15) is 12.3 Å². The van der Waals surface area contributed by atoms with Crippen LogP contribution < -0.4 is 10.6 Å². The third-order valence-electron chi connectivity index (χ3n) is 10.3. The Balaban J connectivity index is 1.12. The molecule has 3 aromatic heterocycles. The molecule has 0 saturated heterocycles. The Hall–Kier alpha value is -5.79. The zero-order valence-electron chi connectivity index (χ0n) is 27.4. The van der Waals surface area contributed by atoms with Crippen LogP contribution in [0.15, 0.2) is 163 Å². The summed E-state index contributed by atoms with van der Waals surface area (Å²) < 4.78 is 7.70. The van der Waals surface area contributed by atoms with Gasteiger partial charge < -0.3 is 5.32 Å². The molecule has 0 radical (unpaired) electrons. The molecular weight excluding hydrogens is 661 g/mol. The molecular formula is C45H30N4S2. The average molecular weight is 691 g/mol. The standard InChI is InChI=1S/C45H30N4S2/c1-3-12-27(13-4-1)30-18-11-19-34-31-16-7-9-20-37(31)49(40(30)34)45-47-43(28-14-5-2-6-15-28)46-44(48-45)29-22-23-33-36-25-24-35-32-17-8-10-21-38(32)50-41(35)42(36)51-39(33)26-29/h1-26,43-44,46H,(H,47,48). The molecule has 10 aromatic rings. The number of rotatable bonds is 3. The first-order valence-electron chi connectivity index (χ1n) is 17.3. The highest BCUT2D eigenvalue weighted by molar-refractivity contribution is 7.33. The van der Waals surface area contributed by atoms with Crippen molar-refractivity contribution in [3.05, 3.63) is 169 Å². The van der Waals surface area contributed by atoms with E-state index in [2.05, 4.69) is 173 Å². The van der Waals surface area contributed by atoms with Crippen LogP contribution in [0.25, 0.3) is 73.3 Å².